The van der Waals surface area contributed by atoms with Crippen molar-refractivity contribution in [2.45, 2.75) is 19.4 Å². The maximum Gasteiger partial charge on any atom is 0.243 e. The van der Waals surface area contributed by atoms with Crippen LogP contribution in [0.3, 0.4) is 0 Å². The van der Waals surface area contributed by atoms with E-state index in [2.05, 4.69) is 5.32 Å². The summed E-state index contributed by atoms with van der Waals surface area (Å²) in [6.45, 7) is 1.76. The van der Waals surface area contributed by atoms with Gasteiger partial charge in [0.2, 0.25) is 15.9 Å². The van der Waals surface area contributed by atoms with E-state index >= 15 is 0 Å². The van der Waals surface area contributed by atoms with Gasteiger partial charge in [0.25, 0.3) is 0 Å². The number of nitrogens with zero attached hydrogens (tertiary/aromatic N) is 1. The van der Waals surface area contributed by atoms with Crippen molar-refractivity contribution in [3.63, 3.8) is 0 Å². The van der Waals surface area contributed by atoms with Gasteiger partial charge in [0.15, 0.2) is 0 Å². The highest BCUT2D eigenvalue weighted by Gasteiger charge is 2.30. The van der Waals surface area contributed by atoms with Crippen molar-refractivity contribution in [3.05, 3.63) is 24.3 Å². The summed E-state index contributed by atoms with van der Waals surface area (Å²) in [7, 11) is -0.609. The largest absolute Gasteiger partial charge is 0.497 e. The monoisotopic (exact) mass is 300 g/mol. The van der Waals surface area contributed by atoms with Crippen LogP contribution in [-0.2, 0) is 14.8 Å². The maximum atomic E-state index is 12.1. The van der Waals surface area contributed by atoms with E-state index in [-0.39, 0.29) is 5.91 Å². The fraction of sp³-hybridized carbons (Fsp3) is 0.462. The highest BCUT2D eigenvalue weighted by molar-refractivity contribution is 7.92. The van der Waals surface area contributed by atoms with E-state index in [0.29, 0.717) is 17.9 Å². The average molecular weight is 300 g/mol. The minimum absolute atomic E-state index is 0.347. The van der Waals surface area contributed by atoms with Crippen LogP contribution in [0.25, 0.3) is 0 Å². The molecule has 20 heavy (non-hydrogen) atoms. The Balaban J connectivity index is 3.35. The van der Waals surface area contributed by atoms with Gasteiger partial charge in [0.05, 0.1) is 19.1 Å². The number of benzene rings is 1. The fourth-order valence-corrected chi connectivity index (χ4v) is 3.18. The number of nitrogens with one attached hydrogen (secondary N) is 1. The van der Waals surface area contributed by atoms with E-state index in [1.165, 1.54) is 14.2 Å². The molecule has 0 radical (unpaired) electrons. The molecule has 1 N–H and O–H groups in total. The Morgan fingerprint density at radius 2 is 2.10 bits per heavy atom. The highest BCUT2D eigenvalue weighted by Crippen LogP contribution is 2.26. The molecule has 1 aromatic carbocycles. The Kier molecular flexibility index (Phi) is 5.38. The maximum absolute atomic E-state index is 12.1. The number of sulfonamides is 1. The van der Waals surface area contributed by atoms with Gasteiger partial charge in [-0.15, -0.1) is 0 Å². The highest BCUT2D eigenvalue weighted by atomic mass is 32.2. The molecular formula is C13H20N2O4S. The second-order valence-electron chi connectivity index (χ2n) is 4.30. The van der Waals surface area contributed by atoms with Gasteiger partial charge in [-0.2, -0.15) is 0 Å². The Hall–Kier alpha value is -1.76. The summed E-state index contributed by atoms with van der Waals surface area (Å²) in [5.74, 6) is 0.184. The lowest BCUT2D eigenvalue weighted by atomic mass is 10.2. The molecule has 112 valence electrons. The predicted octanol–water partition coefficient (Wildman–Crippen LogP) is 0.986. The molecule has 0 saturated heterocycles. The number of amides is 1. The first-order chi connectivity index (χ1) is 9.35. The van der Waals surface area contributed by atoms with Crippen LogP contribution in [0.5, 0.6) is 5.75 Å². The van der Waals surface area contributed by atoms with Gasteiger partial charge in [-0.3, -0.25) is 9.10 Å². The topological polar surface area (TPSA) is 75.7 Å². The molecule has 0 saturated carbocycles. The number of likely N-dealkylation sites (N-methyl/N-ethyl adjacent to an activating group) is 1. The van der Waals surface area contributed by atoms with Crippen LogP contribution in [0.4, 0.5) is 5.69 Å². The van der Waals surface area contributed by atoms with Crippen molar-refractivity contribution in [2.75, 3.05) is 24.7 Å². The van der Waals surface area contributed by atoms with Crippen LogP contribution >= 0.6 is 0 Å². The molecule has 0 aliphatic carbocycles. The smallest absolute Gasteiger partial charge is 0.243 e. The zero-order valence-corrected chi connectivity index (χ0v) is 12.9. The summed E-state index contributed by atoms with van der Waals surface area (Å²) in [6.07, 6.45) is 1.45. The molecular weight excluding hydrogens is 280 g/mol. The predicted molar refractivity (Wildman–Crippen MR) is 78.5 cm³/mol. The van der Waals surface area contributed by atoms with E-state index in [9.17, 15) is 13.2 Å². The second kappa shape index (κ2) is 6.60. The molecule has 0 bridgehead atoms. The first-order valence-electron chi connectivity index (χ1n) is 6.20. The van der Waals surface area contributed by atoms with Crippen molar-refractivity contribution >= 4 is 21.6 Å². The Morgan fingerprint density at radius 3 is 2.55 bits per heavy atom. The Labute approximate surface area is 119 Å². The third-order valence-corrected chi connectivity index (χ3v) is 4.06. The summed E-state index contributed by atoms with van der Waals surface area (Å²) in [4.78, 5) is 11.9. The summed E-state index contributed by atoms with van der Waals surface area (Å²) in [5, 5.41) is 2.49. The average Bonchev–Trinajstić information content (AvgIpc) is 2.42. The van der Waals surface area contributed by atoms with Crippen LogP contribution in [0, 0.1) is 0 Å². The van der Waals surface area contributed by atoms with Crippen LogP contribution in [-0.4, -0.2) is 40.8 Å². The van der Waals surface area contributed by atoms with E-state index in [1.807, 2.05) is 0 Å². The van der Waals surface area contributed by atoms with Crippen molar-refractivity contribution in [2.24, 2.45) is 0 Å². The third-order valence-electron chi connectivity index (χ3n) is 2.88. The molecule has 1 rings (SSSR count). The quantitative estimate of drug-likeness (QED) is 0.850. The number of hydrogen-bond acceptors (Lipinski definition) is 4. The van der Waals surface area contributed by atoms with Crippen LogP contribution in [0.15, 0.2) is 24.3 Å². The van der Waals surface area contributed by atoms with Crippen LogP contribution < -0.4 is 14.4 Å². The van der Waals surface area contributed by atoms with Crippen LogP contribution in [0.1, 0.15) is 13.3 Å². The lowest BCUT2D eigenvalue weighted by Gasteiger charge is -2.29. The van der Waals surface area contributed by atoms with Gasteiger partial charge in [0.1, 0.15) is 11.8 Å². The second-order valence-corrected chi connectivity index (χ2v) is 6.16. The molecule has 1 amide bonds. The Bertz CT molecular complexity index is 571. The summed E-state index contributed by atoms with van der Waals surface area (Å²) < 4.78 is 30.3. The standard InChI is InChI=1S/C13H20N2O4S/c1-5-12(13(16)14-2)15(20(4,17)18)10-7-6-8-11(9-10)19-3/h6-9,12H,5H2,1-4H3,(H,14,16)/t12-/m1/s1. The minimum atomic E-state index is -3.59. The van der Waals surface area contributed by atoms with E-state index in [0.717, 1.165) is 10.6 Å². The lowest BCUT2D eigenvalue weighted by molar-refractivity contribution is -0.121. The molecule has 0 heterocycles. The first-order valence-corrected chi connectivity index (χ1v) is 8.05. The molecule has 0 aliphatic heterocycles. The normalized spacial score (nSPS) is 12.6. The van der Waals surface area contributed by atoms with Gasteiger partial charge in [-0.1, -0.05) is 13.0 Å². The van der Waals surface area contributed by atoms with Gasteiger partial charge < -0.3 is 10.1 Å². The van der Waals surface area contributed by atoms with Gasteiger partial charge in [0, 0.05) is 13.1 Å². The molecule has 0 spiro atoms. The number of ether oxygens (including phenoxy) is 1. The van der Waals surface area contributed by atoms with Crippen molar-refractivity contribution in [1.82, 2.24) is 5.32 Å². The number of anilines is 1. The molecule has 0 aromatic heterocycles. The summed E-state index contributed by atoms with van der Waals surface area (Å²) in [6, 6.07) is 5.83. The molecule has 1 atom stereocenters. The molecule has 0 fully saturated rings. The molecule has 0 unspecified atom stereocenters. The molecule has 7 heteroatoms. The van der Waals surface area contributed by atoms with E-state index < -0.39 is 16.1 Å². The Morgan fingerprint density at radius 1 is 1.45 bits per heavy atom. The zero-order chi connectivity index (χ0) is 15.3. The summed E-state index contributed by atoms with van der Waals surface area (Å²) >= 11 is 0. The first kappa shape index (κ1) is 16.3. The van der Waals surface area contributed by atoms with Gasteiger partial charge in [-0.05, 0) is 18.6 Å². The fourth-order valence-electron chi connectivity index (χ4n) is 1.97. The number of methoxy groups -OCH3 is 1. The SMILES string of the molecule is CC[C@H](C(=O)NC)N(c1cccc(OC)c1)S(C)(=O)=O. The number of carbonyl (C=O) groups is 1. The zero-order valence-electron chi connectivity index (χ0n) is 12.1. The lowest BCUT2D eigenvalue weighted by Crippen LogP contribution is -2.48. The molecule has 6 nitrogen and oxygen atoms in total. The van der Waals surface area contributed by atoms with Gasteiger partial charge >= 0.3 is 0 Å². The minimum Gasteiger partial charge on any atom is -0.497 e. The van der Waals surface area contributed by atoms with Crippen molar-refractivity contribution in [1.29, 1.82) is 0 Å². The molecule has 0 aliphatic rings. The van der Waals surface area contributed by atoms with Crippen LogP contribution in [0.2, 0.25) is 0 Å². The van der Waals surface area contributed by atoms with E-state index in [1.54, 1.807) is 31.2 Å². The van der Waals surface area contributed by atoms with Crippen molar-refractivity contribution in [3.8, 4) is 5.75 Å². The summed E-state index contributed by atoms with van der Waals surface area (Å²) in [5.41, 5.74) is 0.405. The number of carbonyl (C=O) groups excluding carboxylic acids is 1. The third kappa shape index (κ3) is 3.63. The van der Waals surface area contributed by atoms with Gasteiger partial charge in [-0.25, -0.2) is 8.42 Å². The van der Waals surface area contributed by atoms with E-state index in [4.69, 9.17) is 4.74 Å². The van der Waals surface area contributed by atoms with Crippen molar-refractivity contribution < 1.29 is 17.9 Å². The molecule has 1 aromatic rings. The number of rotatable bonds is 6. The number of hydrogen-bond donors (Lipinski definition) is 1.